The Morgan fingerprint density at radius 2 is 2.24 bits per heavy atom. The molecule has 0 aliphatic rings. The van der Waals surface area contributed by atoms with Crippen molar-refractivity contribution in [2.45, 2.75) is 19.6 Å². The van der Waals surface area contributed by atoms with Crippen LogP contribution in [0.15, 0.2) is 28.8 Å². The number of nitrogens with zero attached hydrogens (tertiary/aromatic N) is 2. The fourth-order valence-corrected chi connectivity index (χ4v) is 1.41. The van der Waals surface area contributed by atoms with Crippen LogP contribution in [-0.4, -0.2) is 10.1 Å². The number of halogens is 1. The van der Waals surface area contributed by atoms with Crippen molar-refractivity contribution in [1.29, 1.82) is 0 Å². The molecule has 0 aliphatic heterocycles. The van der Waals surface area contributed by atoms with Crippen LogP contribution in [0.25, 0.3) is 0 Å². The Morgan fingerprint density at radius 1 is 1.47 bits per heavy atom. The lowest BCUT2D eigenvalue weighted by molar-refractivity contribution is 0.284. The van der Waals surface area contributed by atoms with Gasteiger partial charge >= 0.3 is 0 Å². The van der Waals surface area contributed by atoms with Gasteiger partial charge in [0, 0.05) is 0 Å². The van der Waals surface area contributed by atoms with E-state index in [1.165, 1.54) is 0 Å². The van der Waals surface area contributed by atoms with Crippen LogP contribution < -0.4 is 10.5 Å². The maximum Gasteiger partial charge on any atom is 0.243 e. The second-order valence-corrected chi connectivity index (χ2v) is 3.96. The smallest absolute Gasteiger partial charge is 0.243 e. The molecule has 0 bridgehead atoms. The van der Waals surface area contributed by atoms with Crippen molar-refractivity contribution in [3.63, 3.8) is 0 Å². The zero-order valence-corrected chi connectivity index (χ0v) is 10.0. The Morgan fingerprint density at radius 3 is 2.88 bits per heavy atom. The van der Waals surface area contributed by atoms with Crippen molar-refractivity contribution < 1.29 is 9.26 Å². The minimum absolute atomic E-state index is 0.194. The first-order chi connectivity index (χ1) is 8.16. The molecule has 0 spiro atoms. The minimum atomic E-state index is -0.281. The molecule has 1 atom stereocenters. The van der Waals surface area contributed by atoms with Crippen molar-refractivity contribution in [1.82, 2.24) is 10.1 Å². The summed E-state index contributed by atoms with van der Waals surface area (Å²) in [6.45, 7) is 1.96. The SMILES string of the molecule is CC(N)c1nc(COc2ccccc2Cl)no1. The van der Waals surface area contributed by atoms with E-state index < -0.39 is 0 Å². The predicted octanol–water partition coefficient (Wildman–Crippen LogP) is 2.32. The molecule has 17 heavy (non-hydrogen) atoms. The standard InChI is InChI=1S/C11H12ClN3O2/c1-7(13)11-14-10(15-17-11)6-16-9-5-3-2-4-8(9)12/h2-5,7H,6,13H2,1H3. The Balaban J connectivity index is 2.00. The van der Waals surface area contributed by atoms with Crippen molar-refractivity contribution >= 4 is 11.6 Å². The van der Waals surface area contributed by atoms with Gasteiger partial charge in [0.25, 0.3) is 0 Å². The van der Waals surface area contributed by atoms with Gasteiger partial charge in [0.2, 0.25) is 11.7 Å². The Kier molecular flexibility index (Phi) is 3.61. The lowest BCUT2D eigenvalue weighted by atomic mass is 10.3. The highest BCUT2D eigenvalue weighted by Gasteiger charge is 2.10. The van der Waals surface area contributed by atoms with Crippen LogP contribution in [0.4, 0.5) is 0 Å². The van der Waals surface area contributed by atoms with Crippen molar-refractivity contribution in [2.75, 3.05) is 0 Å². The third kappa shape index (κ3) is 2.95. The number of rotatable bonds is 4. The molecule has 0 amide bonds. The van der Waals surface area contributed by atoms with Gasteiger partial charge in [-0.3, -0.25) is 0 Å². The summed E-state index contributed by atoms with van der Waals surface area (Å²) in [5.41, 5.74) is 5.60. The van der Waals surface area contributed by atoms with Crippen molar-refractivity contribution in [3.05, 3.63) is 41.0 Å². The highest BCUT2D eigenvalue weighted by atomic mass is 35.5. The molecule has 0 saturated carbocycles. The summed E-state index contributed by atoms with van der Waals surface area (Å²) in [4.78, 5) is 4.08. The predicted molar refractivity (Wildman–Crippen MR) is 62.7 cm³/mol. The summed E-state index contributed by atoms with van der Waals surface area (Å²) in [6.07, 6.45) is 0. The van der Waals surface area contributed by atoms with Crippen LogP contribution in [0, 0.1) is 0 Å². The molecule has 2 rings (SSSR count). The zero-order chi connectivity index (χ0) is 12.3. The highest BCUT2D eigenvalue weighted by Crippen LogP contribution is 2.23. The Hall–Kier alpha value is -1.59. The first kappa shape index (κ1) is 11.9. The van der Waals surface area contributed by atoms with E-state index in [1.54, 1.807) is 19.1 Å². The quantitative estimate of drug-likeness (QED) is 0.905. The summed E-state index contributed by atoms with van der Waals surface area (Å²) in [5, 5.41) is 4.29. The summed E-state index contributed by atoms with van der Waals surface area (Å²) < 4.78 is 10.4. The van der Waals surface area contributed by atoms with Crippen molar-refractivity contribution in [3.8, 4) is 5.75 Å². The van der Waals surface area contributed by atoms with Gasteiger partial charge in [-0.05, 0) is 19.1 Å². The summed E-state index contributed by atoms with van der Waals surface area (Å²) in [5.74, 6) is 1.42. The van der Waals surface area contributed by atoms with Crippen LogP contribution in [0.5, 0.6) is 5.75 Å². The van der Waals surface area contributed by atoms with Crippen LogP contribution in [0.2, 0.25) is 5.02 Å². The molecule has 2 N–H and O–H groups in total. The fraction of sp³-hybridized carbons (Fsp3) is 0.273. The Bertz CT molecular complexity index is 499. The van der Waals surface area contributed by atoms with E-state index in [9.17, 15) is 0 Å². The topological polar surface area (TPSA) is 74.2 Å². The van der Waals surface area contributed by atoms with Gasteiger partial charge < -0.3 is 15.0 Å². The third-order valence-corrected chi connectivity index (χ3v) is 2.38. The van der Waals surface area contributed by atoms with Gasteiger partial charge in [0.15, 0.2) is 6.61 Å². The minimum Gasteiger partial charge on any atom is -0.484 e. The molecule has 90 valence electrons. The van der Waals surface area contributed by atoms with Gasteiger partial charge in [-0.25, -0.2) is 0 Å². The van der Waals surface area contributed by atoms with E-state index >= 15 is 0 Å². The van der Waals surface area contributed by atoms with Gasteiger partial charge in [-0.1, -0.05) is 28.9 Å². The number of hydrogen-bond donors (Lipinski definition) is 1. The molecule has 0 saturated heterocycles. The van der Waals surface area contributed by atoms with Crippen LogP contribution in [-0.2, 0) is 6.61 Å². The van der Waals surface area contributed by atoms with E-state index in [1.807, 2.05) is 12.1 Å². The first-order valence-corrected chi connectivity index (χ1v) is 5.50. The summed E-state index contributed by atoms with van der Waals surface area (Å²) in [7, 11) is 0. The Labute approximate surface area is 104 Å². The lowest BCUT2D eigenvalue weighted by Crippen LogP contribution is -2.05. The molecule has 1 heterocycles. The summed E-state index contributed by atoms with van der Waals surface area (Å²) >= 11 is 5.94. The second-order valence-electron chi connectivity index (χ2n) is 3.56. The molecule has 1 aromatic heterocycles. The molecule has 6 heteroatoms. The van der Waals surface area contributed by atoms with Crippen LogP contribution in [0.3, 0.4) is 0 Å². The van der Waals surface area contributed by atoms with E-state index in [-0.39, 0.29) is 12.6 Å². The molecule has 5 nitrogen and oxygen atoms in total. The maximum atomic E-state index is 5.94. The second kappa shape index (κ2) is 5.16. The number of para-hydroxylation sites is 1. The monoisotopic (exact) mass is 253 g/mol. The lowest BCUT2D eigenvalue weighted by Gasteiger charge is -2.04. The van der Waals surface area contributed by atoms with E-state index in [4.69, 9.17) is 26.6 Å². The number of aromatic nitrogens is 2. The van der Waals surface area contributed by atoms with Gasteiger partial charge in [0.1, 0.15) is 5.75 Å². The average molecular weight is 254 g/mol. The van der Waals surface area contributed by atoms with E-state index in [2.05, 4.69) is 10.1 Å². The molecular weight excluding hydrogens is 242 g/mol. The van der Waals surface area contributed by atoms with Crippen LogP contribution in [0.1, 0.15) is 24.7 Å². The van der Waals surface area contributed by atoms with Gasteiger partial charge in [-0.2, -0.15) is 4.98 Å². The largest absolute Gasteiger partial charge is 0.484 e. The molecule has 2 aromatic rings. The molecule has 0 aliphatic carbocycles. The molecule has 1 aromatic carbocycles. The first-order valence-electron chi connectivity index (χ1n) is 5.12. The number of nitrogens with two attached hydrogens (primary N) is 1. The molecule has 1 unspecified atom stereocenters. The number of hydrogen-bond acceptors (Lipinski definition) is 5. The fourth-order valence-electron chi connectivity index (χ4n) is 1.22. The normalized spacial score (nSPS) is 12.4. The van der Waals surface area contributed by atoms with Crippen molar-refractivity contribution in [2.24, 2.45) is 5.73 Å². The third-order valence-electron chi connectivity index (χ3n) is 2.07. The maximum absolute atomic E-state index is 5.94. The summed E-state index contributed by atoms with van der Waals surface area (Å²) in [6, 6.07) is 6.91. The van der Waals surface area contributed by atoms with E-state index in [0.717, 1.165) is 0 Å². The zero-order valence-electron chi connectivity index (χ0n) is 9.26. The highest BCUT2D eigenvalue weighted by molar-refractivity contribution is 6.32. The van der Waals surface area contributed by atoms with Gasteiger partial charge in [0.05, 0.1) is 11.1 Å². The van der Waals surface area contributed by atoms with E-state index in [0.29, 0.717) is 22.5 Å². The average Bonchev–Trinajstić information content (AvgIpc) is 2.77. The molecule has 0 radical (unpaired) electrons. The number of ether oxygens (including phenoxy) is 1. The van der Waals surface area contributed by atoms with Gasteiger partial charge in [-0.15, -0.1) is 0 Å². The molecule has 0 fully saturated rings. The van der Waals surface area contributed by atoms with Crippen LogP contribution >= 0.6 is 11.6 Å². The number of benzene rings is 1. The molecular formula is C11H12ClN3O2.